The molecule has 0 unspecified atom stereocenters. The summed E-state index contributed by atoms with van der Waals surface area (Å²) in [5, 5.41) is -0.990. The van der Waals surface area contributed by atoms with Crippen molar-refractivity contribution < 1.29 is 48.7 Å². The minimum atomic E-state index is -5.11. The Morgan fingerprint density at radius 2 is 1.17 bits per heavy atom. The number of carbonyl (C=O) groups excluding carboxylic acids is 1. The van der Waals surface area contributed by atoms with Crippen LogP contribution >= 0.6 is 11.6 Å². The fraction of sp³-hybridized carbons (Fsp3) is 0.345. The van der Waals surface area contributed by atoms with E-state index in [2.05, 4.69) is 0 Å². The third kappa shape index (κ3) is 8.17. The molecule has 0 radical (unpaired) electrons. The van der Waals surface area contributed by atoms with Crippen LogP contribution in [-0.4, -0.2) is 17.4 Å². The lowest BCUT2D eigenvalue weighted by molar-refractivity contribution is -0.143. The average Bonchev–Trinajstić information content (AvgIpc) is 2.85. The minimum Gasteiger partial charge on any atom is -0.334 e. The van der Waals surface area contributed by atoms with E-state index in [0.29, 0.717) is 23.8 Å². The summed E-state index contributed by atoms with van der Waals surface area (Å²) in [7, 11) is 0. The molecule has 0 saturated heterocycles. The number of rotatable bonds is 6. The molecule has 0 aromatic heterocycles. The van der Waals surface area contributed by atoms with E-state index >= 15 is 0 Å². The summed E-state index contributed by atoms with van der Waals surface area (Å²) in [5.74, 6) is -2.75. The Labute approximate surface area is 239 Å². The van der Waals surface area contributed by atoms with Gasteiger partial charge in [0.05, 0.1) is 27.3 Å². The first-order valence-corrected chi connectivity index (χ1v) is 12.7. The SMILES string of the molecule is CC(C)(C)c1ccc(CN(CCc2cc(C(F)(F)F)cc(C(F)(F)F)c2)C(=O)c2cc(C(F)(F)F)cc(Cl)c2F)cc1. The van der Waals surface area contributed by atoms with Gasteiger partial charge in [-0.1, -0.05) is 56.6 Å². The Hall–Kier alpha value is -3.28. The summed E-state index contributed by atoms with van der Waals surface area (Å²) in [6.45, 7) is 4.89. The van der Waals surface area contributed by atoms with Gasteiger partial charge >= 0.3 is 18.5 Å². The average molecular weight is 628 g/mol. The van der Waals surface area contributed by atoms with Crippen LogP contribution in [0.2, 0.25) is 5.02 Å². The normalized spacial score (nSPS) is 12.9. The van der Waals surface area contributed by atoms with Crippen LogP contribution in [0, 0.1) is 5.82 Å². The summed E-state index contributed by atoms with van der Waals surface area (Å²) in [6.07, 6.45) is -15.8. The molecule has 0 fully saturated rings. The van der Waals surface area contributed by atoms with Gasteiger partial charge in [0.2, 0.25) is 0 Å². The lowest BCUT2D eigenvalue weighted by Gasteiger charge is -2.25. The van der Waals surface area contributed by atoms with Gasteiger partial charge < -0.3 is 4.90 Å². The molecule has 0 atom stereocenters. The van der Waals surface area contributed by atoms with E-state index in [0.717, 1.165) is 10.5 Å². The van der Waals surface area contributed by atoms with Crippen molar-refractivity contribution in [1.29, 1.82) is 0 Å². The number of halogens is 11. The molecule has 3 aromatic carbocycles. The van der Waals surface area contributed by atoms with Gasteiger partial charge in [-0.25, -0.2) is 4.39 Å². The summed E-state index contributed by atoms with van der Waals surface area (Å²) < 4.78 is 135. The van der Waals surface area contributed by atoms with Gasteiger partial charge in [-0.2, -0.15) is 39.5 Å². The molecule has 0 aliphatic carbocycles. The molecule has 0 N–H and O–H groups in total. The molecule has 42 heavy (non-hydrogen) atoms. The highest BCUT2D eigenvalue weighted by Crippen LogP contribution is 2.37. The fourth-order valence-corrected chi connectivity index (χ4v) is 4.31. The number of benzene rings is 3. The third-order valence-electron chi connectivity index (χ3n) is 6.38. The minimum absolute atomic E-state index is 0.0524. The number of alkyl halides is 9. The summed E-state index contributed by atoms with van der Waals surface area (Å²) in [6, 6.07) is 8.11. The molecule has 228 valence electrons. The van der Waals surface area contributed by atoms with Crippen LogP contribution in [0.25, 0.3) is 0 Å². The molecular formula is C29H24ClF10NO. The molecule has 2 nitrogen and oxygen atoms in total. The second-order valence-electron chi connectivity index (χ2n) is 10.7. The number of amides is 1. The number of hydrogen-bond donors (Lipinski definition) is 0. The van der Waals surface area contributed by atoms with Crippen molar-refractivity contribution >= 4 is 17.5 Å². The summed E-state index contributed by atoms with van der Waals surface area (Å²) in [5.41, 5.74) is -5.00. The van der Waals surface area contributed by atoms with E-state index < -0.39 is 76.1 Å². The second-order valence-corrected chi connectivity index (χ2v) is 11.1. The highest BCUT2D eigenvalue weighted by molar-refractivity contribution is 6.31. The quantitative estimate of drug-likeness (QED) is 0.249. The highest BCUT2D eigenvalue weighted by Gasteiger charge is 2.37. The van der Waals surface area contributed by atoms with E-state index in [4.69, 9.17) is 11.6 Å². The van der Waals surface area contributed by atoms with E-state index in [1.54, 1.807) is 24.3 Å². The molecule has 0 saturated carbocycles. The smallest absolute Gasteiger partial charge is 0.334 e. The maximum atomic E-state index is 14.8. The molecule has 3 aromatic rings. The van der Waals surface area contributed by atoms with Gasteiger partial charge in [0.15, 0.2) is 5.82 Å². The fourth-order valence-electron chi connectivity index (χ4n) is 4.09. The van der Waals surface area contributed by atoms with Crippen molar-refractivity contribution in [2.45, 2.75) is 57.7 Å². The monoisotopic (exact) mass is 627 g/mol. The van der Waals surface area contributed by atoms with Gasteiger partial charge in [0, 0.05) is 13.1 Å². The molecule has 3 rings (SSSR count). The van der Waals surface area contributed by atoms with Crippen LogP contribution in [0.15, 0.2) is 54.6 Å². The Morgan fingerprint density at radius 1 is 0.690 bits per heavy atom. The van der Waals surface area contributed by atoms with E-state index in [-0.39, 0.29) is 24.1 Å². The van der Waals surface area contributed by atoms with Gasteiger partial charge in [0.25, 0.3) is 5.91 Å². The maximum Gasteiger partial charge on any atom is 0.416 e. The van der Waals surface area contributed by atoms with Crippen LogP contribution in [0.1, 0.15) is 64.5 Å². The zero-order valence-electron chi connectivity index (χ0n) is 22.3. The summed E-state index contributed by atoms with van der Waals surface area (Å²) >= 11 is 5.63. The molecular weight excluding hydrogens is 604 g/mol. The molecule has 0 heterocycles. The predicted octanol–water partition coefficient (Wildman–Crippen LogP) is 9.72. The van der Waals surface area contributed by atoms with Crippen LogP contribution < -0.4 is 0 Å². The first-order chi connectivity index (χ1) is 19.1. The number of hydrogen-bond acceptors (Lipinski definition) is 1. The van der Waals surface area contributed by atoms with Crippen molar-refractivity contribution in [3.05, 3.63) is 104 Å². The zero-order valence-corrected chi connectivity index (χ0v) is 23.1. The van der Waals surface area contributed by atoms with Crippen molar-refractivity contribution in [1.82, 2.24) is 4.90 Å². The molecule has 0 bridgehead atoms. The largest absolute Gasteiger partial charge is 0.416 e. The highest BCUT2D eigenvalue weighted by atomic mass is 35.5. The van der Waals surface area contributed by atoms with Gasteiger partial charge in [-0.05, 0) is 58.9 Å². The van der Waals surface area contributed by atoms with Crippen LogP contribution in [0.4, 0.5) is 43.9 Å². The first-order valence-electron chi connectivity index (χ1n) is 12.3. The molecule has 1 amide bonds. The molecule has 0 aliphatic heterocycles. The van der Waals surface area contributed by atoms with Crippen molar-refractivity contribution in [2.24, 2.45) is 0 Å². The lowest BCUT2D eigenvalue weighted by atomic mass is 9.87. The predicted molar refractivity (Wildman–Crippen MR) is 136 cm³/mol. The summed E-state index contributed by atoms with van der Waals surface area (Å²) in [4.78, 5) is 14.2. The molecule has 0 aliphatic rings. The van der Waals surface area contributed by atoms with Gasteiger partial charge in [-0.15, -0.1) is 0 Å². The standard InChI is InChI=1S/C29H24ClF10NO/c1-26(2,3)18-6-4-16(5-7-18)15-41(25(42)22-13-21(29(38,39)40)14-23(30)24(22)31)9-8-17-10-19(27(32,33)34)12-20(11-17)28(35,36)37/h4-7,10-14H,8-9,15H2,1-3H3. The molecule has 13 heteroatoms. The number of carbonyl (C=O) groups is 1. The van der Waals surface area contributed by atoms with Crippen LogP contribution in [0.3, 0.4) is 0 Å². The topological polar surface area (TPSA) is 20.3 Å². The Morgan fingerprint density at radius 3 is 1.62 bits per heavy atom. The Balaban J connectivity index is 2.05. The Kier molecular flexibility index (Phi) is 9.32. The lowest BCUT2D eigenvalue weighted by Crippen LogP contribution is -2.33. The van der Waals surface area contributed by atoms with Crippen molar-refractivity contribution in [2.75, 3.05) is 6.54 Å². The molecule has 0 spiro atoms. The third-order valence-corrected chi connectivity index (χ3v) is 6.66. The number of nitrogens with zero attached hydrogens (tertiary/aromatic N) is 1. The van der Waals surface area contributed by atoms with Crippen LogP contribution in [0.5, 0.6) is 0 Å². The van der Waals surface area contributed by atoms with E-state index in [9.17, 15) is 48.7 Å². The van der Waals surface area contributed by atoms with E-state index in [1.165, 1.54) is 0 Å². The van der Waals surface area contributed by atoms with Crippen LogP contribution in [-0.2, 0) is 36.9 Å². The van der Waals surface area contributed by atoms with Crippen molar-refractivity contribution in [3.63, 3.8) is 0 Å². The maximum absolute atomic E-state index is 14.8. The zero-order chi connectivity index (χ0) is 31.8. The van der Waals surface area contributed by atoms with Crippen molar-refractivity contribution in [3.8, 4) is 0 Å². The van der Waals surface area contributed by atoms with Gasteiger partial charge in [0.1, 0.15) is 0 Å². The first kappa shape index (κ1) is 33.2. The Bertz CT molecular complexity index is 1400. The van der Waals surface area contributed by atoms with Gasteiger partial charge in [-0.3, -0.25) is 4.79 Å². The van der Waals surface area contributed by atoms with E-state index in [1.807, 2.05) is 20.8 Å². The second kappa shape index (κ2) is 11.8.